The summed E-state index contributed by atoms with van der Waals surface area (Å²) in [6.45, 7) is 2.42. The van der Waals surface area contributed by atoms with Gasteiger partial charge in [0.1, 0.15) is 0 Å². The zero-order valence-electron chi connectivity index (χ0n) is 10.6. The Labute approximate surface area is 99.6 Å². The summed E-state index contributed by atoms with van der Waals surface area (Å²) in [5, 5.41) is 0. The van der Waals surface area contributed by atoms with Crippen LogP contribution in [0.2, 0.25) is 0 Å². The third-order valence-electron chi connectivity index (χ3n) is 4.56. The minimum Gasteiger partial charge on any atom is -0.271 e. The lowest BCUT2D eigenvalue weighted by molar-refractivity contribution is 0.161. The highest BCUT2D eigenvalue weighted by molar-refractivity contribution is 5.17. The molecule has 0 heterocycles. The van der Waals surface area contributed by atoms with Gasteiger partial charge in [-0.2, -0.15) is 0 Å². The van der Waals surface area contributed by atoms with Crippen LogP contribution in [0.1, 0.15) is 64.7 Å². The molecule has 0 bridgehead atoms. The van der Waals surface area contributed by atoms with Crippen LogP contribution >= 0.6 is 0 Å². The minimum absolute atomic E-state index is 0.399. The van der Waals surface area contributed by atoms with Gasteiger partial charge in [0.15, 0.2) is 0 Å². The monoisotopic (exact) mass is 222 g/mol. The molecule has 0 spiro atoms. The quantitative estimate of drug-likeness (QED) is 0.437. The molecule has 0 radical (unpaired) electrons. The van der Waals surface area contributed by atoms with Crippen LogP contribution < -0.4 is 11.3 Å². The van der Waals surface area contributed by atoms with Crippen molar-refractivity contribution in [2.75, 3.05) is 0 Å². The number of allylic oxidation sites excluding steroid dienone is 1. The summed E-state index contributed by atoms with van der Waals surface area (Å²) in [4.78, 5) is 0. The van der Waals surface area contributed by atoms with Crippen LogP contribution in [0.15, 0.2) is 11.6 Å². The summed E-state index contributed by atoms with van der Waals surface area (Å²) in [5.74, 6) is 5.83. The largest absolute Gasteiger partial charge is 0.271 e. The van der Waals surface area contributed by atoms with Crippen molar-refractivity contribution < 1.29 is 0 Å². The molecule has 0 aromatic carbocycles. The Kier molecular flexibility index (Phi) is 4.04. The average Bonchev–Trinajstić information content (AvgIpc) is 2.32. The molecule has 2 rings (SSSR count). The molecule has 0 aliphatic heterocycles. The zero-order chi connectivity index (χ0) is 11.4. The molecule has 2 aliphatic rings. The lowest BCUT2D eigenvalue weighted by Crippen LogP contribution is -2.49. The van der Waals surface area contributed by atoms with Gasteiger partial charge in [0.2, 0.25) is 0 Å². The van der Waals surface area contributed by atoms with Gasteiger partial charge >= 0.3 is 0 Å². The summed E-state index contributed by atoms with van der Waals surface area (Å²) >= 11 is 0. The molecular formula is C14H26N2. The fraction of sp³-hybridized carbons (Fsp3) is 0.857. The number of rotatable bonds is 3. The summed E-state index contributed by atoms with van der Waals surface area (Å²) in [5.41, 5.74) is 5.09. The van der Waals surface area contributed by atoms with E-state index in [1.165, 1.54) is 57.8 Å². The van der Waals surface area contributed by atoms with Crippen molar-refractivity contribution in [3.05, 3.63) is 11.6 Å². The van der Waals surface area contributed by atoms with Gasteiger partial charge in [0.05, 0.1) is 0 Å². The molecule has 2 heteroatoms. The fourth-order valence-electron chi connectivity index (χ4n) is 3.53. The molecule has 3 N–H and O–H groups in total. The van der Waals surface area contributed by atoms with Crippen LogP contribution in [0.5, 0.6) is 0 Å². The van der Waals surface area contributed by atoms with Gasteiger partial charge in [0.25, 0.3) is 0 Å². The van der Waals surface area contributed by atoms with Crippen LogP contribution in [0.4, 0.5) is 0 Å². The number of nitrogens with one attached hydrogen (secondary N) is 1. The van der Waals surface area contributed by atoms with E-state index in [1.54, 1.807) is 5.57 Å². The molecule has 1 fully saturated rings. The van der Waals surface area contributed by atoms with E-state index < -0.39 is 0 Å². The van der Waals surface area contributed by atoms with Crippen molar-refractivity contribution in [1.29, 1.82) is 0 Å². The first kappa shape index (κ1) is 12.1. The molecule has 0 aromatic rings. The lowest BCUT2D eigenvalue weighted by atomic mass is 9.67. The molecule has 2 nitrogen and oxygen atoms in total. The third-order valence-corrected chi connectivity index (χ3v) is 4.56. The highest BCUT2D eigenvalue weighted by atomic mass is 15.2. The standard InChI is InChI=1S/C14H26N2/c1-14(10-6-3-7-11-14)13(16-15)12-8-4-2-5-9-12/h8,13,16H,2-7,9-11,15H2,1H3. The van der Waals surface area contributed by atoms with Gasteiger partial charge in [-0.3, -0.25) is 11.3 Å². The molecule has 0 amide bonds. The van der Waals surface area contributed by atoms with Crippen LogP contribution in [0, 0.1) is 5.41 Å². The molecule has 16 heavy (non-hydrogen) atoms. The summed E-state index contributed by atoms with van der Waals surface area (Å²) in [6, 6.07) is 0.424. The zero-order valence-corrected chi connectivity index (χ0v) is 10.6. The van der Waals surface area contributed by atoms with Gasteiger partial charge in [-0.05, 0) is 43.9 Å². The highest BCUT2D eigenvalue weighted by Crippen LogP contribution is 2.42. The second-order valence-electron chi connectivity index (χ2n) is 5.84. The predicted molar refractivity (Wildman–Crippen MR) is 68.9 cm³/mol. The van der Waals surface area contributed by atoms with Gasteiger partial charge in [-0.1, -0.05) is 37.8 Å². The SMILES string of the molecule is CC1(C(NN)C2=CCCCC2)CCCCC1. The van der Waals surface area contributed by atoms with E-state index >= 15 is 0 Å². The Balaban J connectivity index is 2.10. The second kappa shape index (κ2) is 5.33. The van der Waals surface area contributed by atoms with Gasteiger partial charge in [0, 0.05) is 6.04 Å². The summed E-state index contributed by atoms with van der Waals surface area (Å²) in [7, 11) is 0. The molecule has 2 aliphatic carbocycles. The molecule has 1 saturated carbocycles. The first-order valence-corrected chi connectivity index (χ1v) is 6.91. The minimum atomic E-state index is 0.399. The number of hydrogen-bond donors (Lipinski definition) is 2. The van der Waals surface area contributed by atoms with Crippen LogP contribution in [-0.4, -0.2) is 6.04 Å². The summed E-state index contributed by atoms with van der Waals surface area (Å²) < 4.78 is 0. The maximum absolute atomic E-state index is 5.83. The second-order valence-corrected chi connectivity index (χ2v) is 5.84. The van der Waals surface area contributed by atoms with Crippen LogP contribution in [0.25, 0.3) is 0 Å². The highest BCUT2D eigenvalue weighted by Gasteiger charge is 2.36. The predicted octanol–water partition coefficient (Wildman–Crippen LogP) is 3.29. The van der Waals surface area contributed by atoms with Crippen molar-refractivity contribution in [3.63, 3.8) is 0 Å². The molecular weight excluding hydrogens is 196 g/mol. The van der Waals surface area contributed by atoms with Crippen molar-refractivity contribution in [2.45, 2.75) is 70.8 Å². The first-order valence-electron chi connectivity index (χ1n) is 6.91. The number of hydrazine groups is 1. The number of nitrogens with two attached hydrogens (primary N) is 1. The Hall–Kier alpha value is -0.340. The Bertz CT molecular complexity index is 251. The van der Waals surface area contributed by atoms with Gasteiger partial charge in [-0.25, -0.2) is 0 Å². The van der Waals surface area contributed by atoms with Crippen LogP contribution in [0.3, 0.4) is 0 Å². The van der Waals surface area contributed by atoms with Crippen LogP contribution in [-0.2, 0) is 0 Å². The van der Waals surface area contributed by atoms with Gasteiger partial charge in [-0.15, -0.1) is 0 Å². The average molecular weight is 222 g/mol. The maximum atomic E-state index is 5.83. The van der Waals surface area contributed by atoms with Crippen molar-refractivity contribution in [1.82, 2.24) is 5.43 Å². The molecule has 1 unspecified atom stereocenters. The molecule has 0 saturated heterocycles. The Morgan fingerprint density at radius 3 is 2.50 bits per heavy atom. The molecule has 92 valence electrons. The van der Waals surface area contributed by atoms with E-state index in [2.05, 4.69) is 18.4 Å². The van der Waals surface area contributed by atoms with E-state index in [0.717, 1.165) is 0 Å². The first-order chi connectivity index (χ1) is 7.76. The van der Waals surface area contributed by atoms with E-state index in [1.807, 2.05) is 0 Å². The van der Waals surface area contributed by atoms with E-state index in [4.69, 9.17) is 5.84 Å². The topological polar surface area (TPSA) is 38.0 Å². The Morgan fingerprint density at radius 2 is 1.94 bits per heavy atom. The van der Waals surface area contributed by atoms with E-state index in [-0.39, 0.29) is 0 Å². The molecule has 1 atom stereocenters. The normalized spacial score (nSPS) is 27.2. The molecule has 0 aromatic heterocycles. The fourth-order valence-corrected chi connectivity index (χ4v) is 3.53. The van der Waals surface area contributed by atoms with E-state index in [0.29, 0.717) is 11.5 Å². The van der Waals surface area contributed by atoms with Crippen molar-refractivity contribution >= 4 is 0 Å². The van der Waals surface area contributed by atoms with Crippen molar-refractivity contribution in [2.24, 2.45) is 11.3 Å². The van der Waals surface area contributed by atoms with Gasteiger partial charge < -0.3 is 0 Å². The number of hydrogen-bond acceptors (Lipinski definition) is 2. The third kappa shape index (κ3) is 2.49. The smallest absolute Gasteiger partial charge is 0.0473 e. The lowest BCUT2D eigenvalue weighted by Gasteiger charge is -2.42. The summed E-state index contributed by atoms with van der Waals surface area (Å²) in [6.07, 6.45) is 14.5. The van der Waals surface area contributed by atoms with Crippen molar-refractivity contribution in [3.8, 4) is 0 Å². The maximum Gasteiger partial charge on any atom is 0.0473 e. The Morgan fingerprint density at radius 1 is 1.19 bits per heavy atom. The van der Waals surface area contributed by atoms with E-state index in [9.17, 15) is 0 Å².